The van der Waals surface area contributed by atoms with Crippen LogP contribution in [-0.2, 0) is 9.53 Å². The number of rotatable bonds is 5. The summed E-state index contributed by atoms with van der Waals surface area (Å²) in [7, 11) is 0. The van der Waals surface area contributed by atoms with Crippen LogP contribution in [0.5, 0.6) is 0 Å². The number of allylic oxidation sites excluding steroid dienone is 1. The van der Waals surface area contributed by atoms with Gasteiger partial charge in [-0.1, -0.05) is 55.5 Å². The van der Waals surface area contributed by atoms with Crippen LogP contribution in [0.1, 0.15) is 55.7 Å². The third kappa shape index (κ3) is 4.07. The lowest BCUT2D eigenvalue weighted by molar-refractivity contribution is -0.139. The van der Waals surface area contributed by atoms with Gasteiger partial charge in [-0.15, -0.1) is 11.3 Å². The number of aromatic nitrogens is 1. The Morgan fingerprint density at radius 1 is 1.26 bits per heavy atom. The molecule has 0 aliphatic carbocycles. The molecule has 5 nitrogen and oxygen atoms in total. The monoisotopic (exact) mass is 452 g/mol. The first-order chi connectivity index (χ1) is 14.9. The molecule has 0 spiro atoms. The lowest BCUT2D eigenvalue weighted by Crippen LogP contribution is -2.39. The Bertz CT molecular complexity index is 1310. The minimum Gasteiger partial charge on any atom is -0.463 e. The number of benzene rings is 1. The lowest BCUT2D eigenvalue weighted by atomic mass is 10.0. The summed E-state index contributed by atoms with van der Waals surface area (Å²) in [6.07, 6.45) is 1.89. The maximum absolute atomic E-state index is 13.4. The average molecular weight is 453 g/mol. The van der Waals surface area contributed by atoms with Gasteiger partial charge >= 0.3 is 5.97 Å². The molecule has 0 N–H and O–H groups in total. The van der Waals surface area contributed by atoms with Crippen molar-refractivity contribution in [2.45, 2.75) is 39.7 Å². The van der Waals surface area contributed by atoms with E-state index < -0.39 is 12.0 Å². The molecule has 3 heterocycles. The summed E-state index contributed by atoms with van der Waals surface area (Å²) < 4.78 is 7.52. The van der Waals surface area contributed by atoms with Crippen LogP contribution in [0.2, 0.25) is 0 Å². The zero-order valence-corrected chi connectivity index (χ0v) is 19.5. The molecule has 0 amide bonds. The topological polar surface area (TPSA) is 60.7 Å². The van der Waals surface area contributed by atoms with E-state index in [0.29, 0.717) is 26.5 Å². The molecule has 0 saturated carbocycles. The van der Waals surface area contributed by atoms with E-state index in [0.717, 1.165) is 10.4 Å². The third-order valence-electron chi connectivity index (χ3n) is 5.23. The maximum atomic E-state index is 13.4. The summed E-state index contributed by atoms with van der Waals surface area (Å²) in [4.78, 5) is 32.3. The fourth-order valence-electron chi connectivity index (χ4n) is 3.64. The van der Waals surface area contributed by atoms with Crippen molar-refractivity contribution in [3.8, 4) is 0 Å². The molecule has 4 rings (SSSR count). The average Bonchev–Trinajstić information content (AvgIpc) is 3.36. The van der Waals surface area contributed by atoms with E-state index in [4.69, 9.17) is 4.74 Å². The first-order valence-electron chi connectivity index (χ1n) is 10.2. The highest BCUT2D eigenvalue weighted by Gasteiger charge is 2.33. The molecule has 1 atom stereocenters. The number of nitrogens with zero attached hydrogens (tertiary/aromatic N) is 2. The van der Waals surface area contributed by atoms with Gasteiger partial charge in [0, 0.05) is 4.88 Å². The van der Waals surface area contributed by atoms with Crippen LogP contribution >= 0.6 is 22.7 Å². The molecule has 1 unspecified atom stereocenters. The smallest absolute Gasteiger partial charge is 0.338 e. The Morgan fingerprint density at radius 2 is 2.00 bits per heavy atom. The van der Waals surface area contributed by atoms with E-state index >= 15 is 0 Å². The largest absolute Gasteiger partial charge is 0.463 e. The molecule has 0 bridgehead atoms. The molecule has 1 aliphatic heterocycles. The van der Waals surface area contributed by atoms with Gasteiger partial charge in [0.1, 0.15) is 6.04 Å². The molecule has 0 radical (unpaired) electrons. The molecule has 7 heteroatoms. The Kier molecular flexibility index (Phi) is 6.07. The van der Waals surface area contributed by atoms with E-state index in [1.54, 1.807) is 18.4 Å². The molecule has 31 heavy (non-hydrogen) atoms. The Labute approximate surface area is 188 Å². The third-order valence-corrected chi connectivity index (χ3v) is 7.14. The van der Waals surface area contributed by atoms with E-state index in [-0.39, 0.29) is 12.2 Å². The predicted octanol–water partition coefficient (Wildman–Crippen LogP) is 3.98. The molecular weight excluding hydrogens is 428 g/mol. The summed E-state index contributed by atoms with van der Waals surface area (Å²) in [5, 5.41) is 1.94. The minimum atomic E-state index is -0.527. The van der Waals surface area contributed by atoms with E-state index in [9.17, 15) is 9.59 Å². The van der Waals surface area contributed by atoms with Crippen LogP contribution in [0.4, 0.5) is 0 Å². The van der Waals surface area contributed by atoms with E-state index in [1.165, 1.54) is 28.2 Å². The van der Waals surface area contributed by atoms with Gasteiger partial charge in [-0.05, 0) is 48.4 Å². The van der Waals surface area contributed by atoms with Gasteiger partial charge in [-0.2, -0.15) is 0 Å². The summed E-state index contributed by atoms with van der Waals surface area (Å²) >= 11 is 2.86. The van der Waals surface area contributed by atoms with Crippen molar-refractivity contribution in [2.75, 3.05) is 6.61 Å². The maximum Gasteiger partial charge on any atom is 0.338 e. The molecule has 0 fully saturated rings. The lowest BCUT2D eigenvalue weighted by Gasteiger charge is -2.23. The SMILES string of the molecule is CCOC(=O)C1=C(C)N=c2s/c(=C\c3ccc(C(C)C)cc3)c(=O)n2C1c1cccs1. The van der Waals surface area contributed by atoms with Crippen molar-refractivity contribution < 1.29 is 9.53 Å². The van der Waals surface area contributed by atoms with Crippen molar-refractivity contribution in [1.29, 1.82) is 0 Å². The van der Waals surface area contributed by atoms with Gasteiger partial charge in [-0.25, -0.2) is 9.79 Å². The number of thiazole rings is 1. The van der Waals surface area contributed by atoms with Gasteiger partial charge in [-0.3, -0.25) is 9.36 Å². The van der Waals surface area contributed by atoms with Crippen molar-refractivity contribution in [3.63, 3.8) is 0 Å². The quantitative estimate of drug-likeness (QED) is 0.550. The Balaban J connectivity index is 1.87. The van der Waals surface area contributed by atoms with Crippen LogP contribution in [-0.4, -0.2) is 17.1 Å². The Morgan fingerprint density at radius 3 is 2.61 bits per heavy atom. The van der Waals surface area contributed by atoms with Gasteiger partial charge in [0.2, 0.25) is 0 Å². The van der Waals surface area contributed by atoms with Crippen LogP contribution in [0.25, 0.3) is 6.08 Å². The molecule has 3 aromatic rings. The second-order valence-corrected chi connectivity index (χ2v) is 9.63. The highest BCUT2D eigenvalue weighted by atomic mass is 32.1. The minimum absolute atomic E-state index is 0.149. The number of carbonyl (C=O) groups is 1. The van der Waals surface area contributed by atoms with Gasteiger partial charge < -0.3 is 4.74 Å². The summed E-state index contributed by atoms with van der Waals surface area (Å²) in [6.45, 7) is 8.15. The van der Waals surface area contributed by atoms with Crippen molar-refractivity contribution in [1.82, 2.24) is 4.57 Å². The van der Waals surface area contributed by atoms with Crippen molar-refractivity contribution in [2.24, 2.45) is 4.99 Å². The summed E-state index contributed by atoms with van der Waals surface area (Å²) in [5.41, 5.74) is 3.08. The fourth-order valence-corrected chi connectivity index (χ4v) is 5.51. The molecule has 1 aromatic carbocycles. The van der Waals surface area contributed by atoms with Crippen LogP contribution in [0.3, 0.4) is 0 Å². The zero-order chi connectivity index (χ0) is 22.1. The predicted molar refractivity (Wildman–Crippen MR) is 125 cm³/mol. The number of thiophene rings is 1. The molecule has 160 valence electrons. The number of hydrogen-bond acceptors (Lipinski definition) is 6. The Hall–Kier alpha value is -2.77. The number of esters is 1. The molecule has 0 saturated heterocycles. The normalized spacial score (nSPS) is 16.4. The van der Waals surface area contributed by atoms with Crippen LogP contribution in [0, 0.1) is 0 Å². The summed E-state index contributed by atoms with van der Waals surface area (Å²) in [5.74, 6) is 0.0233. The first kappa shape index (κ1) is 21.5. The zero-order valence-electron chi connectivity index (χ0n) is 17.9. The molecule has 2 aromatic heterocycles. The fraction of sp³-hybridized carbons (Fsp3) is 0.292. The van der Waals surface area contributed by atoms with E-state index in [1.807, 2.05) is 35.7 Å². The highest BCUT2D eigenvalue weighted by Crippen LogP contribution is 2.33. The van der Waals surface area contributed by atoms with Crippen LogP contribution in [0.15, 0.2) is 62.8 Å². The van der Waals surface area contributed by atoms with E-state index in [2.05, 4.69) is 31.0 Å². The number of carbonyl (C=O) groups excluding carboxylic acids is 1. The van der Waals surface area contributed by atoms with Gasteiger partial charge in [0.15, 0.2) is 4.80 Å². The standard InChI is InChI=1S/C24H24N2O3S2/c1-5-29-23(28)20-15(4)25-24-26(21(20)18-7-6-12-30-18)22(27)19(31-24)13-16-8-10-17(11-9-16)14(2)3/h6-14,21H,5H2,1-4H3/b19-13-. The molecule has 1 aliphatic rings. The van der Waals surface area contributed by atoms with Crippen molar-refractivity contribution in [3.05, 3.63) is 88.7 Å². The number of fused-ring (bicyclic) bond motifs is 1. The van der Waals surface area contributed by atoms with Crippen molar-refractivity contribution >= 4 is 34.7 Å². The molecular formula is C24H24N2O3S2. The summed E-state index contributed by atoms with van der Waals surface area (Å²) in [6, 6.07) is 11.6. The second-order valence-electron chi connectivity index (χ2n) is 7.64. The number of hydrogen-bond donors (Lipinski definition) is 0. The number of ether oxygens (including phenoxy) is 1. The second kappa shape index (κ2) is 8.77. The highest BCUT2D eigenvalue weighted by molar-refractivity contribution is 7.10. The van der Waals surface area contributed by atoms with Crippen LogP contribution < -0.4 is 14.9 Å². The van der Waals surface area contributed by atoms with Gasteiger partial charge in [0.05, 0.1) is 22.4 Å². The van der Waals surface area contributed by atoms with Gasteiger partial charge in [0.25, 0.3) is 5.56 Å². The first-order valence-corrected chi connectivity index (χ1v) is 11.9.